The molecule has 0 radical (unpaired) electrons. The van der Waals surface area contributed by atoms with Crippen molar-refractivity contribution in [2.24, 2.45) is 0 Å². The summed E-state index contributed by atoms with van der Waals surface area (Å²) in [5, 5.41) is 14.7. The zero-order chi connectivity index (χ0) is 22.1. The molecule has 2 aromatic rings. The molecule has 0 atom stereocenters. The largest absolute Gasteiger partial charge is 0.378 e. The second-order valence-electron chi connectivity index (χ2n) is 5.77. The molecule has 1 aliphatic rings. The molecule has 0 bridgehead atoms. The van der Waals surface area contributed by atoms with E-state index in [0.717, 1.165) is 24.3 Å². The monoisotopic (exact) mass is 495 g/mol. The predicted molar refractivity (Wildman–Crippen MR) is 105 cm³/mol. The van der Waals surface area contributed by atoms with Crippen molar-refractivity contribution in [2.75, 3.05) is 0 Å². The average molecular weight is 496 g/mol. The van der Waals surface area contributed by atoms with Gasteiger partial charge in [0, 0.05) is 22.2 Å². The van der Waals surface area contributed by atoms with E-state index in [1.54, 1.807) is 0 Å². The van der Waals surface area contributed by atoms with E-state index < -0.39 is 49.0 Å². The lowest BCUT2D eigenvalue weighted by atomic mass is 10.1. The van der Waals surface area contributed by atoms with Crippen LogP contribution in [0, 0.1) is 10.1 Å². The van der Waals surface area contributed by atoms with Crippen molar-refractivity contribution in [3.05, 3.63) is 68.2 Å². The van der Waals surface area contributed by atoms with Crippen LogP contribution >= 0.6 is 15.9 Å². The Hall–Kier alpha value is -3.58. The van der Waals surface area contributed by atoms with E-state index in [4.69, 9.17) is 4.18 Å². The van der Waals surface area contributed by atoms with Gasteiger partial charge in [0.15, 0.2) is 0 Å². The standard InChI is InChI=1S/C17H10BrN3O8S/c18-10-4-5-14(9(6-10)7-13-15(22)19-17(24)20-16(13)23)29-30(27,28)12-3-1-2-11(8-12)21(25)26/h1-8H,(H2,19,20,22,23,24). The molecule has 2 aromatic carbocycles. The van der Waals surface area contributed by atoms with Gasteiger partial charge in [-0.05, 0) is 30.3 Å². The van der Waals surface area contributed by atoms with Crippen molar-refractivity contribution in [1.82, 2.24) is 10.6 Å². The molecule has 0 aliphatic carbocycles. The van der Waals surface area contributed by atoms with Gasteiger partial charge in [0.2, 0.25) is 0 Å². The number of nitrogens with one attached hydrogen (secondary N) is 2. The molecule has 13 heteroatoms. The van der Waals surface area contributed by atoms with Crippen LogP contribution in [-0.4, -0.2) is 31.2 Å². The minimum atomic E-state index is -4.49. The Labute approximate surface area is 177 Å². The molecule has 0 saturated carbocycles. The molecule has 1 saturated heterocycles. The third kappa shape index (κ3) is 4.52. The van der Waals surface area contributed by atoms with Crippen LogP contribution in [0.15, 0.2) is 57.4 Å². The lowest BCUT2D eigenvalue weighted by Crippen LogP contribution is -2.51. The smallest absolute Gasteiger partial charge is 0.339 e. The van der Waals surface area contributed by atoms with E-state index in [2.05, 4.69) is 15.9 Å². The topological polar surface area (TPSA) is 162 Å². The number of benzene rings is 2. The lowest BCUT2D eigenvalue weighted by Gasteiger charge is -2.15. The summed E-state index contributed by atoms with van der Waals surface area (Å²) in [7, 11) is -4.49. The van der Waals surface area contributed by atoms with Gasteiger partial charge < -0.3 is 4.18 Å². The average Bonchev–Trinajstić information content (AvgIpc) is 2.66. The summed E-state index contributed by atoms with van der Waals surface area (Å²) in [6.07, 6.45) is 1.04. The number of nitro benzene ring substituents is 1. The van der Waals surface area contributed by atoms with Crippen molar-refractivity contribution < 1.29 is 31.9 Å². The van der Waals surface area contributed by atoms with Gasteiger partial charge in [-0.2, -0.15) is 8.42 Å². The van der Waals surface area contributed by atoms with Gasteiger partial charge in [0.1, 0.15) is 16.2 Å². The molecule has 3 rings (SSSR count). The van der Waals surface area contributed by atoms with E-state index in [9.17, 15) is 32.9 Å². The molecule has 0 aromatic heterocycles. The molecule has 154 valence electrons. The molecule has 1 fully saturated rings. The minimum Gasteiger partial charge on any atom is -0.378 e. The summed E-state index contributed by atoms with van der Waals surface area (Å²) in [5.74, 6) is -2.21. The Morgan fingerprint density at radius 2 is 1.70 bits per heavy atom. The van der Waals surface area contributed by atoms with Crippen LogP contribution in [0.3, 0.4) is 0 Å². The number of non-ortho nitro benzene ring substituents is 1. The normalized spacial score (nSPS) is 14.0. The Morgan fingerprint density at radius 3 is 2.33 bits per heavy atom. The van der Waals surface area contributed by atoms with E-state index >= 15 is 0 Å². The third-order valence-corrected chi connectivity index (χ3v) is 5.46. The number of hydrogen-bond acceptors (Lipinski definition) is 8. The summed E-state index contributed by atoms with van der Waals surface area (Å²) < 4.78 is 30.8. The summed E-state index contributed by atoms with van der Waals surface area (Å²) in [6, 6.07) is 7.36. The molecule has 11 nitrogen and oxygen atoms in total. The van der Waals surface area contributed by atoms with Gasteiger partial charge in [-0.15, -0.1) is 0 Å². The van der Waals surface area contributed by atoms with E-state index in [1.807, 2.05) is 10.6 Å². The Morgan fingerprint density at radius 1 is 1.03 bits per heavy atom. The Kier molecular flexibility index (Phi) is 5.67. The summed E-state index contributed by atoms with van der Waals surface area (Å²) in [4.78, 5) is 44.7. The van der Waals surface area contributed by atoms with Crippen LogP contribution < -0.4 is 14.8 Å². The number of rotatable bonds is 5. The Balaban J connectivity index is 2.02. The first-order valence-corrected chi connectivity index (χ1v) is 10.1. The van der Waals surface area contributed by atoms with Gasteiger partial charge in [-0.1, -0.05) is 22.0 Å². The third-order valence-electron chi connectivity index (χ3n) is 3.73. The van der Waals surface area contributed by atoms with Crippen LogP contribution in [0.5, 0.6) is 5.75 Å². The second kappa shape index (κ2) is 8.04. The van der Waals surface area contributed by atoms with Gasteiger partial charge in [-0.3, -0.25) is 30.3 Å². The highest BCUT2D eigenvalue weighted by molar-refractivity contribution is 9.10. The fourth-order valence-electron chi connectivity index (χ4n) is 2.39. The van der Waals surface area contributed by atoms with Crippen LogP contribution in [0.1, 0.15) is 5.56 Å². The van der Waals surface area contributed by atoms with Crippen molar-refractivity contribution in [3.8, 4) is 5.75 Å². The van der Waals surface area contributed by atoms with Crippen molar-refractivity contribution in [1.29, 1.82) is 0 Å². The van der Waals surface area contributed by atoms with E-state index in [-0.39, 0.29) is 11.3 Å². The van der Waals surface area contributed by atoms with Gasteiger partial charge in [0.25, 0.3) is 17.5 Å². The molecule has 2 N–H and O–H groups in total. The fourth-order valence-corrected chi connectivity index (χ4v) is 3.76. The number of barbiturate groups is 1. The number of halogens is 1. The van der Waals surface area contributed by atoms with Gasteiger partial charge in [0.05, 0.1) is 4.92 Å². The predicted octanol–water partition coefficient (Wildman–Crippen LogP) is 1.87. The number of nitro groups is 1. The molecule has 0 unspecified atom stereocenters. The molecule has 0 spiro atoms. The van der Waals surface area contributed by atoms with E-state index in [0.29, 0.717) is 4.47 Å². The maximum absolute atomic E-state index is 12.6. The highest BCUT2D eigenvalue weighted by Gasteiger charge is 2.28. The Bertz CT molecular complexity index is 1220. The number of imide groups is 2. The zero-order valence-corrected chi connectivity index (χ0v) is 17.0. The number of carbonyl (C=O) groups is 3. The summed E-state index contributed by atoms with van der Waals surface area (Å²) in [6.45, 7) is 0. The van der Waals surface area contributed by atoms with Crippen molar-refractivity contribution >= 4 is 55.7 Å². The highest BCUT2D eigenvalue weighted by atomic mass is 79.9. The quantitative estimate of drug-likeness (QED) is 0.209. The zero-order valence-electron chi connectivity index (χ0n) is 14.6. The number of amides is 4. The highest BCUT2D eigenvalue weighted by Crippen LogP contribution is 2.29. The molecule has 30 heavy (non-hydrogen) atoms. The number of hydrogen-bond donors (Lipinski definition) is 2. The maximum atomic E-state index is 12.6. The number of nitrogens with zero attached hydrogens (tertiary/aromatic N) is 1. The SMILES string of the molecule is O=C1NC(=O)C(=Cc2cc(Br)ccc2OS(=O)(=O)c2cccc([N+](=O)[O-])c2)C(=O)N1. The number of carbonyl (C=O) groups excluding carboxylic acids is 3. The minimum absolute atomic E-state index is 0.0213. The summed E-state index contributed by atoms with van der Waals surface area (Å²) >= 11 is 3.19. The first-order valence-electron chi connectivity index (χ1n) is 7.94. The molecule has 1 aliphatic heterocycles. The molecule has 4 amide bonds. The fraction of sp³-hybridized carbons (Fsp3) is 0. The van der Waals surface area contributed by atoms with E-state index in [1.165, 1.54) is 24.3 Å². The lowest BCUT2D eigenvalue weighted by molar-refractivity contribution is -0.385. The molecular weight excluding hydrogens is 486 g/mol. The summed E-state index contributed by atoms with van der Waals surface area (Å²) in [5.41, 5.74) is -0.878. The second-order valence-corrected chi connectivity index (χ2v) is 8.23. The number of urea groups is 1. The first kappa shape index (κ1) is 21.1. The van der Waals surface area contributed by atoms with Crippen LogP contribution in [0.4, 0.5) is 10.5 Å². The van der Waals surface area contributed by atoms with Crippen LogP contribution in [-0.2, 0) is 19.7 Å². The molecular formula is C17H10BrN3O8S. The van der Waals surface area contributed by atoms with Crippen LogP contribution in [0.2, 0.25) is 0 Å². The van der Waals surface area contributed by atoms with Gasteiger partial charge in [-0.25, -0.2) is 4.79 Å². The molecule has 1 heterocycles. The van der Waals surface area contributed by atoms with Crippen molar-refractivity contribution in [3.63, 3.8) is 0 Å². The van der Waals surface area contributed by atoms with Crippen LogP contribution in [0.25, 0.3) is 6.08 Å². The first-order chi connectivity index (χ1) is 14.1. The maximum Gasteiger partial charge on any atom is 0.339 e. The van der Waals surface area contributed by atoms with Gasteiger partial charge >= 0.3 is 16.1 Å². The van der Waals surface area contributed by atoms with Crippen molar-refractivity contribution in [2.45, 2.75) is 4.90 Å².